The number of carbonyl (C=O) groups excluding carboxylic acids is 2. The highest BCUT2D eigenvalue weighted by molar-refractivity contribution is 5.88. The number of ether oxygens (including phenoxy) is 1. The monoisotopic (exact) mass is 296 g/mol. The third-order valence-electron chi connectivity index (χ3n) is 2.68. The standard InChI is InChI=1S/C12H16N4O5/c1-14(2)10(17)7-15(3)11-9(16(19)20)6-5-8(13-11)12(18)21-4/h5-6H,7H2,1-4H3. The van der Waals surface area contributed by atoms with E-state index in [0.717, 1.165) is 6.07 Å². The zero-order valence-corrected chi connectivity index (χ0v) is 12.2. The van der Waals surface area contributed by atoms with Crippen molar-refractivity contribution in [3.63, 3.8) is 0 Å². The normalized spacial score (nSPS) is 9.90. The highest BCUT2D eigenvalue weighted by Crippen LogP contribution is 2.25. The Morgan fingerprint density at radius 3 is 2.43 bits per heavy atom. The number of nitro groups is 1. The van der Waals surface area contributed by atoms with Crippen molar-refractivity contribution < 1.29 is 19.2 Å². The number of hydrogen-bond donors (Lipinski definition) is 0. The lowest BCUT2D eigenvalue weighted by Gasteiger charge is -2.20. The molecule has 1 aromatic heterocycles. The molecule has 0 fully saturated rings. The number of anilines is 1. The number of pyridine rings is 1. The molecule has 1 rings (SSSR count). The summed E-state index contributed by atoms with van der Waals surface area (Å²) < 4.78 is 4.53. The van der Waals surface area contributed by atoms with Gasteiger partial charge in [0.25, 0.3) is 0 Å². The molecule has 21 heavy (non-hydrogen) atoms. The molecule has 0 spiro atoms. The molecule has 0 aliphatic rings. The number of methoxy groups -OCH3 is 1. The minimum Gasteiger partial charge on any atom is -0.464 e. The Kier molecular flexibility index (Phi) is 5.17. The van der Waals surface area contributed by atoms with Crippen molar-refractivity contribution >= 4 is 23.4 Å². The van der Waals surface area contributed by atoms with Crippen molar-refractivity contribution in [1.29, 1.82) is 0 Å². The second-order valence-corrected chi connectivity index (χ2v) is 4.43. The molecule has 0 radical (unpaired) electrons. The van der Waals surface area contributed by atoms with Crippen LogP contribution in [0.1, 0.15) is 10.5 Å². The van der Waals surface area contributed by atoms with Gasteiger partial charge in [-0.25, -0.2) is 9.78 Å². The summed E-state index contributed by atoms with van der Waals surface area (Å²) in [5.74, 6) is -1.03. The van der Waals surface area contributed by atoms with Gasteiger partial charge in [0.05, 0.1) is 18.6 Å². The number of aromatic nitrogens is 1. The van der Waals surface area contributed by atoms with E-state index in [1.807, 2.05) is 0 Å². The zero-order valence-electron chi connectivity index (χ0n) is 12.2. The molecule has 1 amide bonds. The number of nitrogens with zero attached hydrogens (tertiary/aromatic N) is 4. The van der Waals surface area contributed by atoms with Crippen molar-refractivity contribution in [2.45, 2.75) is 0 Å². The summed E-state index contributed by atoms with van der Waals surface area (Å²) in [5.41, 5.74) is -0.362. The van der Waals surface area contributed by atoms with E-state index in [1.54, 1.807) is 14.1 Å². The lowest BCUT2D eigenvalue weighted by Crippen LogP contribution is -2.35. The molecule has 114 valence electrons. The van der Waals surface area contributed by atoms with Gasteiger partial charge in [0.15, 0.2) is 5.69 Å². The molecule has 1 heterocycles. The summed E-state index contributed by atoms with van der Waals surface area (Å²) in [5, 5.41) is 11.0. The Balaban J connectivity index is 3.19. The van der Waals surface area contributed by atoms with Crippen LogP contribution >= 0.6 is 0 Å². The van der Waals surface area contributed by atoms with E-state index < -0.39 is 10.9 Å². The number of carbonyl (C=O) groups is 2. The van der Waals surface area contributed by atoms with Crippen molar-refractivity contribution in [3.05, 3.63) is 27.9 Å². The fourth-order valence-corrected chi connectivity index (χ4v) is 1.50. The molecular formula is C12H16N4O5. The molecule has 0 aliphatic heterocycles. The van der Waals surface area contributed by atoms with Crippen molar-refractivity contribution in [2.24, 2.45) is 0 Å². The zero-order chi connectivity index (χ0) is 16.2. The van der Waals surface area contributed by atoms with Crippen LogP contribution in [0.2, 0.25) is 0 Å². The topological polar surface area (TPSA) is 106 Å². The lowest BCUT2D eigenvalue weighted by atomic mass is 10.3. The quantitative estimate of drug-likeness (QED) is 0.437. The van der Waals surface area contributed by atoms with E-state index in [9.17, 15) is 19.7 Å². The molecule has 9 heteroatoms. The van der Waals surface area contributed by atoms with E-state index in [-0.39, 0.29) is 29.7 Å². The maximum atomic E-state index is 11.7. The van der Waals surface area contributed by atoms with Crippen LogP contribution in [0, 0.1) is 10.1 Å². The van der Waals surface area contributed by atoms with Crippen molar-refractivity contribution in [2.75, 3.05) is 39.7 Å². The third-order valence-corrected chi connectivity index (χ3v) is 2.68. The van der Waals surface area contributed by atoms with Crippen LogP contribution in [0.25, 0.3) is 0 Å². The Labute approximate surface area is 121 Å². The summed E-state index contributed by atoms with van der Waals surface area (Å²) in [7, 11) is 5.81. The predicted molar refractivity (Wildman–Crippen MR) is 74.2 cm³/mol. The van der Waals surface area contributed by atoms with Gasteiger partial charge in [0.2, 0.25) is 11.7 Å². The van der Waals surface area contributed by atoms with Gasteiger partial charge in [0, 0.05) is 27.2 Å². The predicted octanol–water partition coefficient (Wildman–Crippen LogP) is 0.301. The van der Waals surface area contributed by atoms with Crippen LogP contribution < -0.4 is 4.90 Å². The smallest absolute Gasteiger partial charge is 0.356 e. The van der Waals surface area contributed by atoms with Crippen LogP contribution in [0.5, 0.6) is 0 Å². The lowest BCUT2D eigenvalue weighted by molar-refractivity contribution is -0.384. The van der Waals surface area contributed by atoms with Gasteiger partial charge in [-0.2, -0.15) is 0 Å². The minimum atomic E-state index is -0.710. The van der Waals surface area contributed by atoms with Crippen LogP contribution in [0.15, 0.2) is 12.1 Å². The Morgan fingerprint density at radius 2 is 1.95 bits per heavy atom. The molecule has 9 nitrogen and oxygen atoms in total. The van der Waals surface area contributed by atoms with E-state index in [0.29, 0.717) is 0 Å². The third kappa shape index (κ3) is 3.88. The fourth-order valence-electron chi connectivity index (χ4n) is 1.50. The van der Waals surface area contributed by atoms with E-state index >= 15 is 0 Å². The van der Waals surface area contributed by atoms with Crippen LogP contribution in [0.4, 0.5) is 11.5 Å². The van der Waals surface area contributed by atoms with Crippen LogP contribution in [-0.4, -0.2) is 61.5 Å². The van der Waals surface area contributed by atoms with Crippen molar-refractivity contribution in [3.8, 4) is 0 Å². The van der Waals surface area contributed by atoms with E-state index in [4.69, 9.17) is 0 Å². The summed E-state index contributed by atoms with van der Waals surface area (Å²) in [4.78, 5) is 40.1. The summed E-state index contributed by atoms with van der Waals surface area (Å²) in [6.45, 7) is -0.106. The van der Waals surface area contributed by atoms with E-state index in [1.165, 1.54) is 30.0 Å². The Hall–Kier alpha value is -2.71. The first-order valence-electron chi connectivity index (χ1n) is 5.93. The van der Waals surface area contributed by atoms with Gasteiger partial charge in [-0.1, -0.05) is 0 Å². The average Bonchev–Trinajstić information content (AvgIpc) is 2.45. The summed E-state index contributed by atoms with van der Waals surface area (Å²) >= 11 is 0. The van der Waals surface area contributed by atoms with Gasteiger partial charge in [-0.15, -0.1) is 0 Å². The molecule has 0 saturated carbocycles. The van der Waals surface area contributed by atoms with Gasteiger partial charge < -0.3 is 14.5 Å². The molecule has 0 N–H and O–H groups in total. The molecule has 0 bridgehead atoms. The highest BCUT2D eigenvalue weighted by Gasteiger charge is 2.23. The van der Waals surface area contributed by atoms with Crippen molar-refractivity contribution in [1.82, 2.24) is 9.88 Å². The minimum absolute atomic E-state index is 0.0674. The Bertz CT molecular complexity index is 573. The second-order valence-electron chi connectivity index (χ2n) is 4.43. The number of esters is 1. The second kappa shape index (κ2) is 6.64. The summed E-state index contributed by atoms with van der Waals surface area (Å²) in [6.07, 6.45) is 0. The fraction of sp³-hybridized carbons (Fsp3) is 0.417. The molecular weight excluding hydrogens is 280 g/mol. The maximum absolute atomic E-state index is 11.7. The number of amides is 1. The average molecular weight is 296 g/mol. The van der Waals surface area contributed by atoms with E-state index in [2.05, 4.69) is 9.72 Å². The first kappa shape index (κ1) is 16.3. The molecule has 0 atom stereocenters. The van der Waals surface area contributed by atoms with Gasteiger partial charge in [-0.05, 0) is 6.07 Å². The Morgan fingerprint density at radius 1 is 1.33 bits per heavy atom. The molecule has 0 unspecified atom stereocenters. The SMILES string of the molecule is COC(=O)c1ccc([N+](=O)[O-])c(N(C)CC(=O)N(C)C)n1. The van der Waals surface area contributed by atoms with Gasteiger partial charge in [0.1, 0.15) is 0 Å². The first-order valence-corrected chi connectivity index (χ1v) is 5.93. The number of likely N-dealkylation sites (N-methyl/N-ethyl adjacent to an activating group) is 2. The maximum Gasteiger partial charge on any atom is 0.356 e. The summed E-state index contributed by atoms with van der Waals surface area (Å²) in [6, 6.07) is 2.36. The molecule has 0 aliphatic carbocycles. The number of hydrogen-bond acceptors (Lipinski definition) is 7. The first-order chi connectivity index (χ1) is 9.77. The molecule has 1 aromatic rings. The molecule has 0 aromatic carbocycles. The van der Waals surface area contributed by atoms with Crippen LogP contribution in [0.3, 0.4) is 0 Å². The largest absolute Gasteiger partial charge is 0.464 e. The van der Waals surface area contributed by atoms with Gasteiger partial charge in [-0.3, -0.25) is 14.9 Å². The highest BCUT2D eigenvalue weighted by atomic mass is 16.6. The number of rotatable bonds is 5. The van der Waals surface area contributed by atoms with Gasteiger partial charge >= 0.3 is 11.7 Å². The van der Waals surface area contributed by atoms with Crippen LogP contribution in [-0.2, 0) is 9.53 Å². The molecule has 0 saturated heterocycles.